The van der Waals surface area contributed by atoms with Crippen LogP contribution in [-0.4, -0.2) is 24.2 Å². The summed E-state index contributed by atoms with van der Waals surface area (Å²) < 4.78 is 5.53. The average Bonchev–Trinajstić information content (AvgIpc) is 2.69. The van der Waals surface area contributed by atoms with Crippen molar-refractivity contribution in [1.29, 1.82) is 0 Å². The summed E-state index contributed by atoms with van der Waals surface area (Å²) in [4.78, 5) is 11.3. The minimum Gasteiger partial charge on any atom is -0.481 e. The van der Waals surface area contributed by atoms with Crippen LogP contribution in [0.5, 0.6) is 5.75 Å². The van der Waals surface area contributed by atoms with Crippen molar-refractivity contribution < 1.29 is 14.6 Å². The van der Waals surface area contributed by atoms with Crippen LogP contribution in [0, 0.1) is 0 Å². The van der Waals surface area contributed by atoms with Crippen LogP contribution in [0.1, 0.15) is 30.6 Å². The molecule has 0 saturated carbocycles. The van der Waals surface area contributed by atoms with Crippen molar-refractivity contribution >= 4 is 5.91 Å². The van der Waals surface area contributed by atoms with Crippen molar-refractivity contribution in [2.45, 2.75) is 32.0 Å². The highest BCUT2D eigenvalue weighted by atomic mass is 16.5. The molecule has 0 saturated heterocycles. The number of amides is 1. The first kappa shape index (κ1) is 11.9. The Labute approximate surface area is 101 Å². The minimum atomic E-state index is -0.510. The van der Waals surface area contributed by atoms with Gasteiger partial charge < -0.3 is 15.2 Å². The molecule has 92 valence electrons. The van der Waals surface area contributed by atoms with E-state index in [0.29, 0.717) is 5.75 Å². The zero-order valence-corrected chi connectivity index (χ0v) is 10.1. The summed E-state index contributed by atoms with van der Waals surface area (Å²) in [7, 11) is 1.58. The lowest BCUT2D eigenvalue weighted by Crippen LogP contribution is -2.33. The lowest BCUT2D eigenvalue weighted by Gasteiger charge is -2.14. The van der Waals surface area contributed by atoms with E-state index in [0.717, 1.165) is 24.0 Å². The van der Waals surface area contributed by atoms with Gasteiger partial charge in [0.2, 0.25) is 0 Å². The number of fused-ring (bicyclic) bond motifs is 1. The molecule has 2 rings (SSSR count). The normalized spacial score (nSPS) is 19.6. The van der Waals surface area contributed by atoms with Gasteiger partial charge in [0, 0.05) is 7.05 Å². The second-order valence-electron chi connectivity index (χ2n) is 4.29. The van der Waals surface area contributed by atoms with Crippen LogP contribution >= 0.6 is 0 Å². The number of aliphatic hydroxyl groups excluding tert-OH is 1. The highest BCUT2D eigenvalue weighted by Gasteiger charge is 2.21. The molecular weight excluding hydrogens is 218 g/mol. The van der Waals surface area contributed by atoms with Crippen molar-refractivity contribution in [3.63, 3.8) is 0 Å². The molecule has 1 aliphatic rings. The van der Waals surface area contributed by atoms with Crippen LogP contribution in [0.15, 0.2) is 18.2 Å². The van der Waals surface area contributed by atoms with Gasteiger partial charge in [-0.15, -0.1) is 0 Å². The molecule has 1 aromatic rings. The summed E-state index contributed by atoms with van der Waals surface area (Å²) >= 11 is 0. The van der Waals surface area contributed by atoms with E-state index in [4.69, 9.17) is 4.74 Å². The number of aliphatic hydroxyl groups is 1. The van der Waals surface area contributed by atoms with E-state index in [2.05, 4.69) is 5.32 Å². The van der Waals surface area contributed by atoms with Crippen molar-refractivity contribution in [2.24, 2.45) is 0 Å². The number of ether oxygens (including phenoxy) is 1. The Kier molecular flexibility index (Phi) is 3.33. The first-order valence-electron chi connectivity index (χ1n) is 5.81. The highest BCUT2D eigenvalue weighted by molar-refractivity contribution is 5.80. The molecule has 0 fully saturated rings. The number of carbonyl (C=O) groups excluding carboxylic acids is 1. The van der Waals surface area contributed by atoms with E-state index in [-0.39, 0.29) is 12.0 Å². The molecule has 4 heteroatoms. The molecule has 0 spiro atoms. The van der Waals surface area contributed by atoms with Gasteiger partial charge >= 0.3 is 0 Å². The number of benzene rings is 1. The summed E-state index contributed by atoms with van der Waals surface area (Å²) in [5.41, 5.74) is 2.09. The third-order valence-corrected chi connectivity index (χ3v) is 3.09. The molecule has 1 aliphatic carbocycles. The van der Waals surface area contributed by atoms with Gasteiger partial charge in [-0.1, -0.05) is 6.07 Å². The van der Waals surface area contributed by atoms with Crippen LogP contribution in [-0.2, 0) is 11.2 Å². The fourth-order valence-corrected chi connectivity index (χ4v) is 2.11. The zero-order chi connectivity index (χ0) is 12.4. The van der Waals surface area contributed by atoms with Crippen LogP contribution < -0.4 is 10.1 Å². The molecule has 4 nitrogen and oxygen atoms in total. The fourth-order valence-electron chi connectivity index (χ4n) is 2.11. The highest BCUT2D eigenvalue weighted by Crippen LogP contribution is 2.33. The third kappa shape index (κ3) is 2.42. The number of nitrogens with one attached hydrogen (secondary N) is 1. The van der Waals surface area contributed by atoms with Crippen molar-refractivity contribution in [3.05, 3.63) is 29.3 Å². The maximum absolute atomic E-state index is 11.3. The van der Waals surface area contributed by atoms with E-state index in [1.807, 2.05) is 12.1 Å². The van der Waals surface area contributed by atoms with Gasteiger partial charge in [-0.3, -0.25) is 4.79 Å². The third-order valence-electron chi connectivity index (χ3n) is 3.09. The summed E-state index contributed by atoms with van der Waals surface area (Å²) in [6.07, 6.45) is 0.769. The predicted octanol–water partition coefficient (Wildman–Crippen LogP) is 1.18. The van der Waals surface area contributed by atoms with Crippen LogP contribution in [0.3, 0.4) is 0 Å². The number of hydrogen-bond acceptors (Lipinski definition) is 3. The van der Waals surface area contributed by atoms with Crippen LogP contribution in [0.2, 0.25) is 0 Å². The Bertz CT molecular complexity index is 431. The summed E-state index contributed by atoms with van der Waals surface area (Å²) in [5, 5.41) is 12.2. The Hall–Kier alpha value is -1.55. The molecule has 0 radical (unpaired) electrons. The Morgan fingerprint density at radius 2 is 2.35 bits per heavy atom. The molecule has 0 bridgehead atoms. The van der Waals surface area contributed by atoms with Crippen molar-refractivity contribution in [2.75, 3.05) is 7.05 Å². The SMILES string of the molecule is CNC(=O)C(C)Oc1ccc2c(c1)CC[C@H]2O. The standard InChI is InChI=1S/C13H17NO3/c1-8(13(16)14-2)17-10-4-5-11-9(7-10)3-6-12(11)15/h4-5,7-8,12,15H,3,6H2,1-2H3,(H,14,16)/t8?,12-/m1/s1. The molecular formula is C13H17NO3. The van der Waals surface area contributed by atoms with E-state index < -0.39 is 6.10 Å². The Morgan fingerprint density at radius 1 is 1.59 bits per heavy atom. The van der Waals surface area contributed by atoms with Gasteiger partial charge in [0.15, 0.2) is 6.10 Å². The molecule has 0 heterocycles. The number of rotatable bonds is 3. The van der Waals surface area contributed by atoms with E-state index in [9.17, 15) is 9.90 Å². The number of likely N-dealkylation sites (N-methyl/N-ethyl adjacent to an activating group) is 1. The van der Waals surface area contributed by atoms with Gasteiger partial charge in [0.25, 0.3) is 5.91 Å². The summed E-state index contributed by atoms with van der Waals surface area (Å²) in [5.74, 6) is 0.527. The van der Waals surface area contributed by atoms with Crippen molar-refractivity contribution in [1.82, 2.24) is 5.32 Å². The first-order chi connectivity index (χ1) is 8.11. The topological polar surface area (TPSA) is 58.6 Å². The summed E-state index contributed by atoms with van der Waals surface area (Å²) in [6, 6.07) is 5.58. The second-order valence-corrected chi connectivity index (χ2v) is 4.29. The minimum absolute atomic E-state index is 0.148. The molecule has 1 amide bonds. The number of carbonyl (C=O) groups is 1. The van der Waals surface area contributed by atoms with Crippen molar-refractivity contribution in [3.8, 4) is 5.75 Å². The lowest BCUT2D eigenvalue weighted by atomic mass is 10.1. The molecule has 2 N–H and O–H groups in total. The molecule has 1 unspecified atom stereocenters. The molecule has 17 heavy (non-hydrogen) atoms. The average molecular weight is 235 g/mol. The molecule has 1 aromatic carbocycles. The van der Waals surface area contributed by atoms with E-state index >= 15 is 0 Å². The fraction of sp³-hybridized carbons (Fsp3) is 0.462. The Balaban J connectivity index is 2.11. The maximum Gasteiger partial charge on any atom is 0.260 e. The Morgan fingerprint density at radius 3 is 3.06 bits per heavy atom. The van der Waals surface area contributed by atoms with Gasteiger partial charge in [0.1, 0.15) is 5.75 Å². The van der Waals surface area contributed by atoms with Gasteiger partial charge in [-0.05, 0) is 43.0 Å². The number of aryl methyl sites for hydroxylation is 1. The van der Waals surface area contributed by atoms with Gasteiger partial charge in [-0.2, -0.15) is 0 Å². The quantitative estimate of drug-likeness (QED) is 0.827. The second kappa shape index (κ2) is 4.75. The largest absolute Gasteiger partial charge is 0.481 e. The van der Waals surface area contributed by atoms with Crippen LogP contribution in [0.4, 0.5) is 0 Å². The lowest BCUT2D eigenvalue weighted by molar-refractivity contribution is -0.126. The molecule has 0 aromatic heterocycles. The monoisotopic (exact) mass is 235 g/mol. The smallest absolute Gasteiger partial charge is 0.260 e. The van der Waals surface area contributed by atoms with Crippen LogP contribution in [0.25, 0.3) is 0 Å². The predicted molar refractivity (Wildman–Crippen MR) is 63.9 cm³/mol. The van der Waals surface area contributed by atoms with E-state index in [1.54, 1.807) is 20.0 Å². The summed E-state index contributed by atoms with van der Waals surface area (Å²) in [6.45, 7) is 1.71. The van der Waals surface area contributed by atoms with Gasteiger partial charge in [0.05, 0.1) is 6.10 Å². The van der Waals surface area contributed by atoms with Gasteiger partial charge in [-0.25, -0.2) is 0 Å². The zero-order valence-electron chi connectivity index (χ0n) is 10.1. The van der Waals surface area contributed by atoms with E-state index in [1.165, 1.54) is 0 Å². The molecule has 2 atom stereocenters. The maximum atomic E-state index is 11.3. The molecule has 0 aliphatic heterocycles. The first-order valence-corrected chi connectivity index (χ1v) is 5.81. The number of hydrogen-bond donors (Lipinski definition) is 2.